The van der Waals surface area contributed by atoms with Crippen LogP contribution in [0.25, 0.3) is 0 Å². The van der Waals surface area contributed by atoms with Gasteiger partial charge in [0.15, 0.2) is 0 Å². The highest BCUT2D eigenvalue weighted by molar-refractivity contribution is 6.30. The molecule has 0 aliphatic rings. The number of aliphatic carboxylic acids is 1. The van der Waals surface area contributed by atoms with Gasteiger partial charge in [-0.15, -0.1) is 0 Å². The van der Waals surface area contributed by atoms with E-state index in [1.807, 2.05) is 43.1 Å². The van der Waals surface area contributed by atoms with Crippen molar-refractivity contribution in [3.63, 3.8) is 0 Å². The van der Waals surface area contributed by atoms with Crippen LogP contribution in [0.2, 0.25) is 5.02 Å². The van der Waals surface area contributed by atoms with Gasteiger partial charge in [-0.2, -0.15) is 0 Å². The fraction of sp³-hybridized carbons (Fsp3) is 0.500. The van der Waals surface area contributed by atoms with Crippen molar-refractivity contribution < 1.29 is 9.90 Å². The Labute approximate surface area is 113 Å². The number of carbonyl (C=O) groups is 1. The summed E-state index contributed by atoms with van der Waals surface area (Å²) in [4.78, 5) is 13.1. The lowest BCUT2D eigenvalue weighted by Crippen LogP contribution is -2.40. The van der Waals surface area contributed by atoms with E-state index in [0.29, 0.717) is 11.4 Å². The van der Waals surface area contributed by atoms with Crippen molar-refractivity contribution in [2.24, 2.45) is 0 Å². The Hall–Kier alpha value is -1.06. The zero-order chi connectivity index (χ0) is 13.7. The molecular formula is C14H20ClNO2. The molecule has 0 amide bonds. The van der Waals surface area contributed by atoms with E-state index in [0.717, 1.165) is 12.0 Å². The summed E-state index contributed by atoms with van der Waals surface area (Å²) in [6, 6.07) is 7.25. The SMILES string of the molecule is CCC(C(=O)O)N(C)C(CC)c1ccc(Cl)cc1. The maximum absolute atomic E-state index is 11.2. The third-order valence-corrected chi connectivity index (χ3v) is 3.55. The van der Waals surface area contributed by atoms with E-state index in [4.69, 9.17) is 11.6 Å². The van der Waals surface area contributed by atoms with E-state index < -0.39 is 12.0 Å². The first kappa shape index (κ1) is 15.0. The average molecular weight is 270 g/mol. The van der Waals surface area contributed by atoms with Gasteiger partial charge in [0, 0.05) is 11.1 Å². The van der Waals surface area contributed by atoms with Gasteiger partial charge in [0.25, 0.3) is 0 Å². The second-order valence-electron chi connectivity index (χ2n) is 4.40. The molecule has 0 saturated carbocycles. The monoisotopic (exact) mass is 269 g/mol. The number of carboxylic acids is 1. The lowest BCUT2D eigenvalue weighted by molar-refractivity contribution is -0.143. The van der Waals surface area contributed by atoms with Crippen molar-refractivity contribution in [3.8, 4) is 0 Å². The largest absolute Gasteiger partial charge is 0.480 e. The van der Waals surface area contributed by atoms with Gasteiger partial charge in [0.2, 0.25) is 0 Å². The molecule has 0 radical (unpaired) electrons. The number of rotatable bonds is 6. The fourth-order valence-electron chi connectivity index (χ4n) is 2.30. The summed E-state index contributed by atoms with van der Waals surface area (Å²) in [5.41, 5.74) is 1.10. The molecule has 0 aliphatic carbocycles. The summed E-state index contributed by atoms with van der Waals surface area (Å²) in [6.07, 6.45) is 1.46. The van der Waals surface area contributed by atoms with Crippen LogP contribution < -0.4 is 0 Å². The summed E-state index contributed by atoms with van der Waals surface area (Å²) in [5, 5.41) is 9.91. The van der Waals surface area contributed by atoms with Crippen LogP contribution in [0.1, 0.15) is 38.3 Å². The predicted molar refractivity (Wildman–Crippen MR) is 74.0 cm³/mol. The minimum atomic E-state index is -0.771. The molecule has 1 aromatic carbocycles. The van der Waals surface area contributed by atoms with E-state index in [1.165, 1.54) is 0 Å². The Bertz CT molecular complexity index is 391. The highest BCUT2D eigenvalue weighted by Crippen LogP contribution is 2.26. The van der Waals surface area contributed by atoms with Crippen molar-refractivity contribution in [1.82, 2.24) is 4.90 Å². The minimum Gasteiger partial charge on any atom is -0.480 e. The first-order valence-electron chi connectivity index (χ1n) is 6.21. The van der Waals surface area contributed by atoms with Gasteiger partial charge in [-0.1, -0.05) is 37.6 Å². The topological polar surface area (TPSA) is 40.5 Å². The number of carboxylic acid groups (broad SMARTS) is 1. The summed E-state index contributed by atoms with van der Waals surface area (Å²) < 4.78 is 0. The number of hydrogen-bond acceptors (Lipinski definition) is 2. The van der Waals surface area contributed by atoms with Gasteiger partial charge in [-0.25, -0.2) is 0 Å². The van der Waals surface area contributed by atoms with Gasteiger partial charge in [0.05, 0.1) is 0 Å². The fourth-order valence-corrected chi connectivity index (χ4v) is 2.42. The van der Waals surface area contributed by atoms with Crippen molar-refractivity contribution in [3.05, 3.63) is 34.9 Å². The maximum Gasteiger partial charge on any atom is 0.320 e. The van der Waals surface area contributed by atoms with Crippen molar-refractivity contribution in [1.29, 1.82) is 0 Å². The van der Waals surface area contributed by atoms with E-state index >= 15 is 0 Å². The number of likely N-dealkylation sites (N-methyl/N-ethyl adjacent to an activating group) is 1. The Kier molecular flexibility index (Phi) is 5.63. The Balaban J connectivity index is 2.95. The van der Waals surface area contributed by atoms with Crippen LogP contribution in [0, 0.1) is 0 Å². The van der Waals surface area contributed by atoms with Gasteiger partial charge >= 0.3 is 5.97 Å². The minimum absolute atomic E-state index is 0.100. The Morgan fingerprint density at radius 1 is 1.28 bits per heavy atom. The summed E-state index contributed by atoms with van der Waals surface area (Å²) in [6.45, 7) is 3.95. The molecule has 1 N–H and O–H groups in total. The van der Waals surface area contributed by atoms with E-state index in [9.17, 15) is 9.90 Å². The van der Waals surface area contributed by atoms with Crippen LogP contribution in [0.15, 0.2) is 24.3 Å². The molecule has 4 heteroatoms. The van der Waals surface area contributed by atoms with Gasteiger partial charge < -0.3 is 5.11 Å². The molecule has 0 saturated heterocycles. The smallest absolute Gasteiger partial charge is 0.320 e. The Morgan fingerprint density at radius 2 is 1.83 bits per heavy atom. The summed E-state index contributed by atoms with van der Waals surface area (Å²) in [7, 11) is 1.87. The van der Waals surface area contributed by atoms with Gasteiger partial charge in [-0.3, -0.25) is 9.69 Å². The number of nitrogens with zero attached hydrogens (tertiary/aromatic N) is 1. The quantitative estimate of drug-likeness (QED) is 0.858. The third kappa shape index (κ3) is 3.47. The molecule has 0 bridgehead atoms. The molecule has 0 spiro atoms. The molecule has 2 atom stereocenters. The van der Waals surface area contributed by atoms with Crippen LogP contribution >= 0.6 is 11.6 Å². The van der Waals surface area contributed by atoms with Crippen molar-refractivity contribution in [2.45, 2.75) is 38.8 Å². The van der Waals surface area contributed by atoms with Crippen LogP contribution in [0.4, 0.5) is 0 Å². The van der Waals surface area contributed by atoms with Gasteiger partial charge in [-0.05, 0) is 37.6 Å². The van der Waals surface area contributed by atoms with Crippen LogP contribution in [0.3, 0.4) is 0 Å². The summed E-state index contributed by atoms with van der Waals surface area (Å²) >= 11 is 5.87. The molecule has 0 aliphatic heterocycles. The molecule has 0 heterocycles. The lowest BCUT2D eigenvalue weighted by Gasteiger charge is -2.32. The first-order chi connectivity index (χ1) is 8.51. The van der Waals surface area contributed by atoms with Crippen LogP contribution in [-0.4, -0.2) is 29.1 Å². The zero-order valence-electron chi connectivity index (χ0n) is 11.1. The molecule has 1 aromatic rings. The normalized spacial score (nSPS) is 14.5. The molecule has 1 rings (SSSR count). The standard InChI is InChI=1S/C14H20ClNO2/c1-4-12(10-6-8-11(15)9-7-10)16(3)13(5-2)14(17)18/h6-9,12-13H,4-5H2,1-3H3,(H,17,18). The van der Waals surface area contributed by atoms with Crippen molar-refractivity contribution in [2.75, 3.05) is 7.05 Å². The number of halogens is 1. The third-order valence-electron chi connectivity index (χ3n) is 3.30. The predicted octanol–water partition coefficient (Wildman–Crippen LogP) is 3.59. The second-order valence-corrected chi connectivity index (χ2v) is 4.84. The van der Waals surface area contributed by atoms with Crippen LogP contribution in [-0.2, 0) is 4.79 Å². The molecule has 0 aromatic heterocycles. The van der Waals surface area contributed by atoms with E-state index in [2.05, 4.69) is 6.92 Å². The molecule has 2 unspecified atom stereocenters. The second kappa shape index (κ2) is 6.76. The van der Waals surface area contributed by atoms with Crippen molar-refractivity contribution >= 4 is 17.6 Å². The molecular weight excluding hydrogens is 250 g/mol. The maximum atomic E-state index is 11.2. The summed E-state index contributed by atoms with van der Waals surface area (Å²) in [5.74, 6) is -0.771. The number of hydrogen-bond donors (Lipinski definition) is 1. The highest BCUT2D eigenvalue weighted by Gasteiger charge is 2.26. The lowest BCUT2D eigenvalue weighted by atomic mass is 10.0. The van der Waals surface area contributed by atoms with Gasteiger partial charge in [0.1, 0.15) is 6.04 Å². The number of benzene rings is 1. The average Bonchev–Trinajstić information content (AvgIpc) is 2.33. The highest BCUT2D eigenvalue weighted by atomic mass is 35.5. The van der Waals surface area contributed by atoms with E-state index in [-0.39, 0.29) is 6.04 Å². The molecule has 3 nitrogen and oxygen atoms in total. The molecule has 0 fully saturated rings. The first-order valence-corrected chi connectivity index (χ1v) is 6.59. The Morgan fingerprint density at radius 3 is 2.22 bits per heavy atom. The van der Waals surface area contributed by atoms with Crippen LogP contribution in [0.5, 0.6) is 0 Å². The molecule has 100 valence electrons. The zero-order valence-corrected chi connectivity index (χ0v) is 11.8. The molecule has 18 heavy (non-hydrogen) atoms. The van der Waals surface area contributed by atoms with E-state index in [1.54, 1.807) is 0 Å².